The maximum absolute atomic E-state index is 13.0. The molecule has 1 saturated heterocycles. The monoisotopic (exact) mass is 365 g/mol. The quantitative estimate of drug-likeness (QED) is 0.769. The van der Waals surface area contributed by atoms with Crippen LogP contribution in [0, 0.1) is 0 Å². The van der Waals surface area contributed by atoms with Crippen molar-refractivity contribution in [1.29, 1.82) is 0 Å². The Morgan fingerprint density at radius 2 is 1.70 bits per heavy atom. The summed E-state index contributed by atoms with van der Waals surface area (Å²) in [6.07, 6.45) is 0.959. The van der Waals surface area contributed by atoms with Gasteiger partial charge in [0, 0.05) is 18.8 Å². The Balaban J connectivity index is 1.73. The van der Waals surface area contributed by atoms with Crippen LogP contribution in [-0.4, -0.2) is 35.9 Å². The van der Waals surface area contributed by atoms with E-state index in [2.05, 4.69) is 16.8 Å². The molecule has 27 heavy (non-hydrogen) atoms. The molecule has 4 rings (SSSR count). The SMILES string of the molecule is CCc1ccc(Cn2c(=O)[nH]c3ccc(N4CCOCC4)cc3c2=O)cc1. The zero-order valence-corrected chi connectivity index (χ0v) is 15.4. The topological polar surface area (TPSA) is 67.3 Å². The van der Waals surface area contributed by atoms with Gasteiger partial charge in [0.2, 0.25) is 0 Å². The Morgan fingerprint density at radius 3 is 2.41 bits per heavy atom. The van der Waals surface area contributed by atoms with Gasteiger partial charge in [-0.3, -0.25) is 9.36 Å². The molecule has 0 saturated carbocycles. The molecule has 0 bridgehead atoms. The van der Waals surface area contributed by atoms with Gasteiger partial charge < -0.3 is 14.6 Å². The van der Waals surface area contributed by atoms with E-state index in [9.17, 15) is 9.59 Å². The van der Waals surface area contributed by atoms with Gasteiger partial charge in [-0.2, -0.15) is 0 Å². The maximum atomic E-state index is 13.0. The van der Waals surface area contributed by atoms with Crippen molar-refractivity contribution >= 4 is 16.6 Å². The number of hydrogen-bond acceptors (Lipinski definition) is 4. The van der Waals surface area contributed by atoms with Gasteiger partial charge in [-0.15, -0.1) is 0 Å². The van der Waals surface area contributed by atoms with E-state index in [-0.39, 0.29) is 17.8 Å². The van der Waals surface area contributed by atoms with Crippen molar-refractivity contribution in [2.45, 2.75) is 19.9 Å². The Hall–Kier alpha value is -2.86. The molecule has 0 unspecified atom stereocenters. The Labute approximate surface area is 157 Å². The summed E-state index contributed by atoms with van der Waals surface area (Å²) < 4.78 is 6.67. The standard InChI is InChI=1S/C21H23N3O3/c1-2-15-3-5-16(6-4-15)14-24-20(25)18-13-17(23-9-11-27-12-10-23)7-8-19(18)22-21(24)26/h3-8,13H,2,9-12,14H2,1H3,(H,22,26). The lowest BCUT2D eigenvalue weighted by atomic mass is 10.1. The molecule has 1 aromatic heterocycles. The van der Waals surface area contributed by atoms with Crippen molar-refractivity contribution in [1.82, 2.24) is 9.55 Å². The van der Waals surface area contributed by atoms with Crippen molar-refractivity contribution in [3.63, 3.8) is 0 Å². The minimum absolute atomic E-state index is 0.260. The average molecular weight is 365 g/mol. The third kappa shape index (κ3) is 3.53. The smallest absolute Gasteiger partial charge is 0.329 e. The van der Waals surface area contributed by atoms with E-state index in [4.69, 9.17) is 4.74 Å². The van der Waals surface area contributed by atoms with Crippen molar-refractivity contribution in [2.75, 3.05) is 31.2 Å². The molecule has 0 spiro atoms. The van der Waals surface area contributed by atoms with Gasteiger partial charge in [0.05, 0.1) is 30.7 Å². The Morgan fingerprint density at radius 1 is 1.00 bits per heavy atom. The predicted octanol–water partition coefficient (Wildman–Crippen LogP) is 2.14. The number of anilines is 1. The fourth-order valence-electron chi connectivity index (χ4n) is 3.46. The molecule has 0 radical (unpaired) electrons. The van der Waals surface area contributed by atoms with Crippen LogP contribution in [0.2, 0.25) is 0 Å². The molecule has 1 aliphatic heterocycles. The van der Waals surface area contributed by atoms with Crippen LogP contribution in [0.5, 0.6) is 0 Å². The minimum atomic E-state index is -0.383. The molecule has 1 N–H and O–H groups in total. The van der Waals surface area contributed by atoms with E-state index in [1.807, 2.05) is 42.5 Å². The number of fused-ring (bicyclic) bond motifs is 1. The van der Waals surface area contributed by atoms with Crippen LogP contribution in [0.1, 0.15) is 18.1 Å². The van der Waals surface area contributed by atoms with Crippen LogP contribution < -0.4 is 16.1 Å². The number of ether oxygens (including phenoxy) is 1. The van der Waals surface area contributed by atoms with E-state index < -0.39 is 0 Å². The van der Waals surface area contributed by atoms with Gasteiger partial charge in [0.25, 0.3) is 5.56 Å². The van der Waals surface area contributed by atoms with Crippen LogP contribution in [-0.2, 0) is 17.7 Å². The molecular weight excluding hydrogens is 342 g/mol. The first kappa shape index (κ1) is 17.5. The first-order chi connectivity index (χ1) is 13.2. The summed E-state index contributed by atoms with van der Waals surface area (Å²) in [5.41, 5.74) is 3.07. The number of rotatable bonds is 4. The highest BCUT2D eigenvalue weighted by atomic mass is 16.5. The number of aromatic amines is 1. The van der Waals surface area contributed by atoms with Crippen LogP contribution in [0.3, 0.4) is 0 Å². The average Bonchev–Trinajstić information content (AvgIpc) is 2.72. The van der Waals surface area contributed by atoms with Gasteiger partial charge in [-0.25, -0.2) is 4.79 Å². The van der Waals surface area contributed by atoms with E-state index in [0.29, 0.717) is 24.1 Å². The second-order valence-corrected chi connectivity index (χ2v) is 6.82. The predicted molar refractivity (Wildman–Crippen MR) is 107 cm³/mol. The number of H-pyrrole nitrogens is 1. The van der Waals surface area contributed by atoms with Gasteiger partial charge in [0.15, 0.2) is 0 Å². The molecule has 6 nitrogen and oxygen atoms in total. The second-order valence-electron chi connectivity index (χ2n) is 6.82. The lowest BCUT2D eigenvalue weighted by Gasteiger charge is -2.29. The third-order valence-corrected chi connectivity index (χ3v) is 5.11. The molecule has 3 aromatic rings. The van der Waals surface area contributed by atoms with E-state index in [1.165, 1.54) is 10.1 Å². The number of morpholine rings is 1. The van der Waals surface area contributed by atoms with Gasteiger partial charge in [0.1, 0.15) is 0 Å². The van der Waals surface area contributed by atoms with Crippen molar-refractivity contribution in [2.24, 2.45) is 0 Å². The number of nitrogens with zero attached hydrogens (tertiary/aromatic N) is 2. The number of nitrogens with one attached hydrogen (secondary N) is 1. The molecule has 1 aliphatic rings. The number of aryl methyl sites for hydroxylation is 1. The minimum Gasteiger partial charge on any atom is -0.378 e. The largest absolute Gasteiger partial charge is 0.378 e. The number of aromatic nitrogens is 2. The Bertz CT molecular complexity index is 1060. The number of hydrogen-bond donors (Lipinski definition) is 1. The third-order valence-electron chi connectivity index (χ3n) is 5.11. The summed E-state index contributed by atoms with van der Waals surface area (Å²) in [7, 11) is 0. The summed E-state index contributed by atoms with van der Waals surface area (Å²) in [4.78, 5) is 30.5. The van der Waals surface area contributed by atoms with Crippen molar-refractivity contribution < 1.29 is 4.74 Å². The zero-order valence-electron chi connectivity index (χ0n) is 15.4. The summed E-state index contributed by atoms with van der Waals surface area (Å²) in [5, 5.41) is 0.531. The van der Waals surface area contributed by atoms with Crippen LogP contribution in [0.25, 0.3) is 10.9 Å². The highest BCUT2D eigenvalue weighted by Crippen LogP contribution is 2.19. The highest BCUT2D eigenvalue weighted by Gasteiger charge is 2.14. The lowest BCUT2D eigenvalue weighted by molar-refractivity contribution is 0.122. The second kappa shape index (κ2) is 7.40. The van der Waals surface area contributed by atoms with E-state index in [1.54, 1.807) is 0 Å². The fraction of sp³-hybridized carbons (Fsp3) is 0.333. The molecular formula is C21H23N3O3. The molecule has 140 valence electrons. The molecule has 1 fully saturated rings. The van der Waals surface area contributed by atoms with E-state index in [0.717, 1.165) is 30.8 Å². The highest BCUT2D eigenvalue weighted by molar-refractivity contribution is 5.81. The van der Waals surface area contributed by atoms with E-state index >= 15 is 0 Å². The Kier molecular flexibility index (Phi) is 4.81. The molecule has 2 heterocycles. The molecule has 0 atom stereocenters. The molecule has 2 aromatic carbocycles. The summed E-state index contributed by atoms with van der Waals surface area (Å²) in [6.45, 7) is 5.32. The fourth-order valence-corrected chi connectivity index (χ4v) is 3.46. The summed E-state index contributed by atoms with van der Waals surface area (Å²) in [5.74, 6) is 0. The van der Waals surface area contributed by atoms with Gasteiger partial charge in [-0.05, 0) is 35.7 Å². The lowest BCUT2D eigenvalue weighted by Crippen LogP contribution is -2.37. The normalized spacial score (nSPS) is 14.6. The maximum Gasteiger partial charge on any atom is 0.329 e. The molecule has 0 aliphatic carbocycles. The summed E-state index contributed by atoms with van der Waals surface area (Å²) >= 11 is 0. The zero-order chi connectivity index (χ0) is 18.8. The number of benzene rings is 2. The van der Waals surface area contributed by atoms with Gasteiger partial charge >= 0.3 is 5.69 Å². The van der Waals surface area contributed by atoms with Crippen LogP contribution >= 0.6 is 0 Å². The van der Waals surface area contributed by atoms with Crippen LogP contribution in [0.4, 0.5) is 5.69 Å². The first-order valence-corrected chi connectivity index (χ1v) is 9.33. The van der Waals surface area contributed by atoms with Crippen LogP contribution in [0.15, 0.2) is 52.1 Å². The van der Waals surface area contributed by atoms with Crippen molar-refractivity contribution in [3.05, 3.63) is 74.4 Å². The van der Waals surface area contributed by atoms with Crippen molar-refractivity contribution in [3.8, 4) is 0 Å². The molecule has 0 amide bonds. The summed E-state index contributed by atoms with van der Waals surface area (Å²) in [6, 6.07) is 13.6. The molecule has 6 heteroatoms. The first-order valence-electron chi connectivity index (χ1n) is 9.33. The van der Waals surface area contributed by atoms with Gasteiger partial charge in [-0.1, -0.05) is 31.2 Å².